The van der Waals surface area contributed by atoms with Crippen molar-refractivity contribution in [2.24, 2.45) is 10.1 Å². The summed E-state index contributed by atoms with van der Waals surface area (Å²) in [5, 5.41) is 13.6. The number of benzene rings is 1. The minimum Gasteiger partial charge on any atom is -0.306 e. The molecule has 1 aromatic carbocycles. The van der Waals surface area contributed by atoms with Crippen LogP contribution in [-0.4, -0.2) is 64.2 Å². The van der Waals surface area contributed by atoms with Gasteiger partial charge in [0.1, 0.15) is 17.3 Å². The third kappa shape index (κ3) is 6.10. The van der Waals surface area contributed by atoms with Crippen molar-refractivity contribution < 1.29 is 9.18 Å². The van der Waals surface area contributed by atoms with Gasteiger partial charge >= 0.3 is 0 Å². The maximum Gasteiger partial charge on any atom is 0.260 e. The van der Waals surface area contributed by atoms with Crippen molar-refractivity contribution >= 4 is 24.7 Å². The number of hydrazone groups is 1. The average molecular weight is 520 g/mol. The van der Waals surface area contributed by atoms with Gasteiger partial charge < -0.3 is 10.2 Å². The van der Waals surface area contributed by atoms with E-state index in [-0.39, 0.29) is 11.7 Å². The molecule has 0 saturated carbocycles. The molecule has 8 nitrogen and oxygen atoms in total. The number of nitrogens with zero attached hydrogens (tertiary/aromatic N) is 6. The van der Waals surface area contributed by atoms with Gasteiger partial charge in [-0.15, -0.1) is 0 Å². The number of aliphatic imine (C=N–C) groups is 1. The van der Waals surface area contributed by atoms with Crippen molar-refractivity contribution in [2.45, 2.75) is 64.8 Å². The van der Waals surface area contributed by atoms with Gasteiger partial charge in [-0.25, -0.2) is 9.07 Å². The lowest BCUT2D eigenvalue weighted by Gasteiger charge is -2.33. The molecule has 1 saturated heterocycles. The third-order valence-electron chi connectivity index (χ3n) is 7.31. The summed E-state index contributed by atoms with van der Waals surface area (Å²) in [5.74, 6) is -0.128. The number of carbonyl (C=O) groups excluding carboxylic acids is 1. The molecule has 202 valence electrons. The first-order valence-corrected chi connectivity index (χ1v) is 13.4. The molecule has 2 aliphatic rings. The van der Waals surface area contributed by atoms with E-state index in [0.29, 0.717) is 35.4 Å². The van der Waals surface area contributed by atoms with E-state index in [4.69, 9.17) is 5.10 Å². The Morgan fingerprint density at radius 1 is 1.29 bits per heavy atom. The molecule has 3 heterocycles. The maximum atomic E-state index is 15.4. The third-order valence-corrected chi connectivity index (χ3v) is 7.31. The Morgan fingerprint density at radius 2 is 2.05 bits per heavy atom. The first-order chi connectivity index (χ1) is 18.3. The second-order valence-corrected chi connectivity index (χ2v) is 10.2. The zero-order valence-electron chi connectivity index (χ0n) is 22.7. The molecular weight excluding hydrogens is 481 g/mol. The number of anilines is 1. The number of aromatic nitrogens is 2. The second kappa shape index (κ2) is 12.3. The van der Waals surface area contributed by atoms with Crippen LogP contribution >= 0.6 is 0 Å². The molecule has 4 rings (SSSR count). The van der Waals surface area contributed by atoms with Crippen LogP contribution in [-0.2, 0) is 11.2 Å². The van der Waals surface area contributed by atoms with Crippen LogP contribution in [0.2, 0.25) is 0 Å². The molecule has 0 aliphatic carbocycles. The molecule has 38 heavy (non-hydrogen) atoms. The highest BCUT2D eigenvalue weighted by atomic mass is 19.1. The number of nitrogens with one attached hydrogen (secondary N) is 1. The molecule has 1 fully saturated rings. The summed E-state index contributed by atoms with van der Waals surface area (Å²) < 4.78 is 16.9. The van der Waals surface area contributed by atoms with Gasteiger partial charge in [0, 0.05) is 24.2 Å². The van der Waals surface area contributed by atoms with Gasteiger partial charge in [-0.1, -0.05) is 26.0 Å². The number of halogens is 1. The van der Waals surface area contributed by atoms with E-state index in [1.54, 1.807) is 23.3 Å². The van der Waals surface area contributed by atoms with Crippen molar-refractivity contribution in [1.82, 2.24) is 19.7 Å². The highest BCUT2D eigenvalue weighted by Crippen LogP contribution is 2.32. The molecule has 1 aromatic heterocycles. The standard InChI is InChI=1S/C29H38FN7O/c1-6-8-9-21-10-11-27(24(30)16-21)37-28(17-25(34-37)22-12-14-35(15-13-22)20(3)4)33-29(38)23-18-32-36(7-2)19-26(23)31-5/h7,10-11,16-18,20,22H,2,5-6,8-9,12-15,19H2,1,3-4H3,(H,33,38). The molecule has 1 N–H and O–H groups in total. The number of carbonyl (C=O) groups is 1. The number of piperidine rings is 1. The van der Waals surface area contributed by atoms with Crippen molar-refractivity contribution in [1.29, 1.82) is 0 Å². The predicted molar refractivity (Wildman–Crippen MR) is 151 cm³/mol. The van der Waals surface area contributed by atoms with Crippen LogP contribution in [0.5, 0.6) is 0 Å². The lowest BCUT2D eigenvalue weighted by molar-refractivity contribution is -0.112. The highest BCUT2D eigenvalue weighted by Gasteiger charge is 2.27. The van der Waals surface area contributed by atoms with E-state index < -0.39 is 5.91 Å². The minimum atomic E-state index is -0.401. The molecule has 9 heteroatoms. The van der Waals surface area contributed by atoms with E-state index in [2.05, 4.69) is 54.4 Å². The summed E-state index contributed by atoms with van der Waals surface area (Å²) in [7, 11) is 0. The maximum absolute atomic E-state index is 15.4. The van der Waals surface area contributed by atoms with E-state index >= 15 is 4.39 Å². The largest absolute Gasteiger partial charge is 0.306 e. The highest BCUT2D eigenvalue weighted by molar-refractivity contribution is 6.18. The van der Waals surface area contributed by atoms with Crippen molar-refractivity contribution in [3.63, 3.8) is 0 Å². The molecule has 0 bridgehead atoms. The van der Waals surface area contributed by atoms with Crippen LogP contribution in [0.1, 0.15) is 63.6 Å². The molecule has 0 radical (unpaired) electrons. The molecular formula is C29H38FN7O. The minimum absolute atomic E-state index is 0.232. The van der Waals surface area contributed by atoms with E-state index in [1.165, 1.54) is 10.9 Å². The first kappa shape index (κ1) is 27.4. The molecule has 0 spiro atoms. The van der Waals surface area contributed by atoms with Crippen LogP contribution in [0.15, 0.2) is 58.4 Å². The Balaban J connectivity index is 1.66. The number of aryl methyl sites for hydroxylation is 1. The zero-order valence-corrected chi connectivity index (χ0v) is 22.7. The van der Waals surface area contributed by atoms with E-state index in [9.17, 15) is 4.79 Å². The normalized spacial score (nSPS) is 16.8. The van der Waals surface area contributed by atoms with Crippen LogP contribution in [0.4, 0.5) is 10.2 Å². The number of amides is 1. The average Bonchev–Trinajstić information content (AvgIpc) is 3.34. The summed E-state index contributed by atoms with van der Waals surface area (Å²) in [6, 6.07) is 7.61. The van der Waals surface area contributed by atoms with Crippen molar-refractivity contribution in [2.75, 3.05) is 25.0 Å². The van der Waals surface area contributed by atoms with E-state index in [0.717, 1.165) is 56.5 Å². The quantitative estimate of drug-likeness (QED) is 0.433. The van der Waals surface area contributed by atoms with Crippen LogP contribution in [0.25, 0.3) is 5.69 Å². The van der Waals surface area contributed by atoms with Gasteiger partial charge in [-0.2, -0.15) is 10.2 Å². The fourth-order valence-corrected chi connectivity index (χ4v) is 4.95. The van der Waals surface area contributed by atoms with Crippen LogP contribution < -0.4 is 5.32 Å². The number of hydrogen-bond acceptors (Lipinski definition) is 6. The molecule has 0 atom stereocenters. The van der Waals surface area contributed by atoms with E-state index in [1.807, 2.05) is 12.1 Å². The summed E-state index contributed by atoms with van der Waals surface area (Å²) in [4.78, 5) is 19.8. The Bertz CT molecular complexity index is 1240. The summed E-state index contributed by atoms with van der Waals surface area (Å²) in [5.41, 5.74) is 2.88. The van der Waals surface area contributed by atoms with Gasteiger partial charge in [0.2, 0.25) is 0 Å². The zero-order chi connectivity index (χ0) is 27.2. The van der Waals surface area contributed by atoms with Crippen LogP contribution in [0.3, 0.4) is 0 Å². The summed E-state index contributed by atoms with van der Waals surface area (Å²) in [6.45, 7) is 16.1. The number of hydrogen-bond donors (Lipinski definition) is 1. The smallest absolute Gasteiger partial charge is 0.260 e. The van der Waals surface area contributed by atoms with Gasteiger partial charge in [0.25, 0.3) is 5.91 Å². The molecule has 2 aliphatic heterocycles. The van der Waals surface area contributed by atoms with Gasteiger partial charge in [0.05, 0.1) is 29.7 Å². The first-order valence-electron chi connectivity index (χ1n) is 13.4. The van der Waals surface area contributed by atoms with Gasteiger partial charge in [0.15, 0.2) is 0 Å². The Labute approximate surface area is 224 Å². The Kier molecular flexibility index (Phi) is 8.89. The van der Waals surface area contributed by atoms with Crippen molar-refractivity contribution in [3.8, 4) is 5.69 Å². The van der Waals surface area contributed by atoms with Crippen molar-refractivity contribution in [3.05, 3.63) is 65.4 Å². The fourth-order valence-electron chi connectivity index (χ4n) is 4.95. The lowest BCUT2D eigenvalue weighted by Crippen LogP contribution is -2.37. The van der Waals surface area contributed by atoms with Crippen LogP contribution in [0, 0.1) is 5.82 Å². The topological polar surface area (TPSA) is 78.1 Å². The number of likely N-dealkylation sites (tertiary alicyclic amines) is 1. The summed E-state index contributed by atoms with van der Waals surface area (Å²) in [6.07, 6.45) is 7.78. The Morgan fingerprint density at radius 3 is 2.68 bits per heavy atom. The number of rotatable bonds is 10. The SMILES string of the molecule is C=CN1CC(N=C)=C(C(=O)Nc2cc(C3CCN(C(C)C)CC3)nn2-c2ccc(CCCC)cc2F)C=N1. The van der Waals surface area contributed by atoms with Gasteiger partial charge in [-0.05, 0) is 77.0 Å². The molecule has 0 unspecified atom stereocenters. The monoisotopic (exact) mass is 519 g/mol. The number of unbranched alkanes of at least 4 members (excludes halogenated alkanes) is 1. The molecule has 1 amide bonds. The molecule has 2 aromatic rings. The second-order valence-electron chi connectivity index (χ2n) is 10.2. The van der Waals surface area contributed by atoms with Gasteiger partial charge in [-0.3, -0.25) is 14.8 Å². The lowest BCUT2D eigenvalue weighted by atomic mass is 9.93. The summed E-state index contributed by atoms with van der Waals surface area (Å²) >= 11 is 0. The fraction of sp³-hybridized carbons (Fsp3) is 0.448. The Hall–Kier alpha value is -3.59. The predicted octanol–water partition coefficient (Wildman–Crippen LogP) is 5.28.